The Kier molecular flexibility index (Phi) is 4.34. The van der Waals surface area contributed by atoms with Crippen molar-refractivity contribution in [3.63, 3.8) is 0 Å². The maximum atomic E-state index is 12.5. The molecular formula is C19H17ClN4O. The van der Waals surface area contributed by atoms with Gasteiger partial charge in [-0.25, -0.2) is 4.98 Å². The fraction of sp³-hybridized carbons (Fsp3) is 0.211. The Morgan fingerprint density at radius 3 is 2.96 bits per heavy atom. The quantitative estimate of drug-likeness (QED) is 0.787. The molecule has 0 unspecified atom stereocenters. The first kappa shape index (κ1) is 16.0. The van der Waals surface area contributed by atoms with Gasteiger partial charge in [0.25, 0.3) is 5.56 Å². The van der Waals surface area contributed by atoms with Crippen LogP contribution in [0.4, 0.5) is 0 Å². The average molecular weight is 353 g/mol. The van der Waals surface area contributed by atoms with Crippen molar-refractivity contribution in [2.45, 2.75) is 19.5 Å². The number of pyridine rings is 1. The Hall–Kier alpha value is -2.50. The molecule has 0 amide bonds. The van der Waals surface area contributed by atoms with Crippen molar-refractivity contribution < 1.29 is 0 Å². The Labute approximate surface area is 150 Å². The molecule has 1 aliphatic rings. The summed E-state index contributed by atoms with van der Waals surface area (Å²) in [6.07, 6.45) is 4.17. The molecule has 0 fully saturated rings. The number of nitrogens with one attached hydrogen (secondary N) is 1. The van der Waals surface area contributed by atoms with Crippen molar-refractivity contribution in [2.75, 3.05) is 6.54 Å². The molecule has 2 aromatic heterocycles. The van der Waals surface area contributed by atoms with Crippen LogP contribution < -0.4 is 5.56 Å². The van der Waals surface area contributed by atoms with Crippen LogP contribution in [0.2, 0.25) is 5.02 Å². The zero-order valence-corrected chi connectivity index (χ0v) is 14.3. The average Bonchev–Trinajstić information content (AvgIpc) is 2.63. The number of hydrogen-bond acceptors (Lipinski definition) is 4. The highest BCUT2D eigenvalue weighted by molar-refractivity contribution is 6.30. The van der Waals surface area contributed by atoms with Gasteiger partial charge in [-0.05, 0) is 29.8 Å². The van der Waals surface area contributed by atoms with E-state index >= 15 is 0 Å². The third-order valence-electron chi connectivity index (χ3n) is 4.38. The van der Waals surface area contributed by atoms with E-state index in [0.29, 0.717) is 12.4 Å². The number of halogens is 1. The predicted octanol–water partition coefficient (Wildman–Crippen LogP) is 3.04. The van der Waals surface area contributed by atoms with Crippen molar-refractivity contribution in [2.24, 2.45) is 0 Å². The molecule has 126 valence electrons. The van der Waals surface area contributed by atoms with Crippen LogP contribution >= 0.6 is 11.6 Å². The van der Waals surface area contributed by atoms with Gasteiger partial charge >= 0.3 is 0 Å². The number of aromatic nitrogens is 3. The minimum Gasteiger partial charge on any atom is -0.306 e. The highest BCUT2D eigenvalue weighted by atomic mass is 35.5. The van der Waals surface area contributed by atoms with Crippen LogP contribution in [0.3, 0.4) is 0 Å². The summed E-state index contributed by atoms with van der Waals surface area (Å²) in [5.41, 5.74) is 3.53. The lowest BCUT2D eigenvalue weighted by Gasteiger charge is -2.27. The van der Waals surface area contributed by atoms with Gasteiger partial charge in [-0.3, -0.25) is 14.7 Å². The molecule has 0 radical (unpaired) electrons. The molecule has 0 atom stereocenters. The molecular weight excluding hydrogens is 336 g/mol. The van der Waals surface area contributed by atoms with Gasteiger partial charge in [0.05, 0.1) is 11.3 Å². The van der Waals surface area contributed by atoms with E-state index in [2.05, 4.69) is 25.9 Å². The summed E-state index contributed by atoms with van der Waals surface area (Å²) >= 11 is 6.06. The van der Waals surface area contributed by atoms with E-state index < -0.39 is 0 Å². The fourth-order valence-electron chi connectivity index (χ4n) is 3.15. The highest BCUT2D eigenvalue weighted by Gasteiger charge is 2.21. The number of benzene rings is 1. The Morgan fingerprint density at radius 1 is 1.24 bits per heavy atom. The molecule has 0 aliphatic carbocycles. The summed E-state index contributed by atoms with van der Waals surface area (Å²) in [4.78, 5) is 26.4. The van der Waals surface area contributed by atoms with Gasteiger partial charge in [-0.1, -0.05) is 23.7 Å². The van der Waals surface area contributed by atoms with E-state index in [-0.39, 0.29) is 5.56 Å². The maximum absolute atomic E-state index is 12.5. The SMILES string of the molecule is O=c1[nH]c(-c2cccnc2)nc2c1CN(Cc1cccc(Cl)c1)CC2. The van der Waals surface area contributed by atoms with Crippen LogP contribution in [0.25, 0.3) is 11.4 Å². The molecule has 25 heavy (non-hydrogen) atoms. The molecule has 3 aromatic rings. The molecule has 6 heteroatoms. The van der Waals surface area contributed by atoms with E-state index in [9.17, 15) is 4.79 Å². The molecule has 0 saturated heterocycles. The second-order valence-electron chi connectivity index (χ2n) is 6.17. The van der Waals surface area contributed by atoms with Crippen molar-refractivity contribution >= 4 is 11.6 Å². The minimum absolute atomic E-state index is 0.0698. The van der Waals surface area contributed by atoms with Gasteiger partial charge < -0.3 is 4.98 Å². The van der Waals surface area contributed by atoms with Crippen molar-refractivity contribution in [1.82, 2.24) is 19.9 Å². The standard InChI is InChI=1S/C19H17ClN4O/c20-15-5-1-3-13(9-15)11-24-8-6-17-16(12-24)19(25)23-18(22-17)14-4-2-7-21-10-14/h1-5,7,9-10H,6,8,11-12H2,(H,22,23,25). The molecule has 3 heterocycles. The summed E-state index contributed by atoms with van der Waals surface area (Å²) in [6, 6.07) is 11.6. The lowest BCUT2D eigenvalue weighted by atomic mass is 10.1. The molecule has 4 rings (SSSR count). The van der Waals surface area contributed by atoms with E-state index in [4.69, 9.17) is 11.6 Å². The number of H-pyrrole nitrogens is 1. The monoisotopic (exact) mass is 352 g/mol. The minimum atomic E-state index is -0.0698. The Bertz CT molecular complexity index is 955. The topological polar surface area (TPSA) is 61.9 Å². The lowest BCUT2D eigenvalue weighted by Crippen LogP contribution is -2.35. The molecule has 0 saturated carbocycles. The maximum Gasteiger partial charge on any atom is 0.255 e. The first-order valence-electron chi connectivity index (χ1n) is 8.18. The van der Waals surface area contributed by atoms with Crippen molar-refractivity contribution in [3.8, 4) is 11.4 Å². The largest absolute Gasteiger partial charge is 0.306 e. The van der Waals surface area contributed by atoms with E-state index in [1.54, 1.807) is 12.4 Å². The molecule has 1 aliphatic heterocycles. The molecule has 1 aromatic carbocycles. The Morgan fingerprint density at radius 2 is 2.16 bits per heavy atom. The lowest BCUT2D eigenvalue weighted by molar-refractivity contribution is 0.242. The Balaban J connectivity index is 1.58. The summed E-state index contributed by atoms with van der Waals surface area (Å²) in [7, 11) is 0. The zero-order valence-electron chi connectivity index (χ0n) is 13.6. The third-order valence-corrected chi connectivity index (χ3v) is 4.61. The van der Waals surface area contributed by atoms with Crippen LogP contribution in [-0.2, 0) is 19.5 Å². The summed E-state index contributed by atoms with van der Waals surface area (Å²) in [6.45, 7) is 2.23. The zero-order chi connectivity index (χ0) is 17.2. The van der Waals surface area contributed by atoms with Gasteiger partial charge in [-0.15, -0.1) is 0 Å². The molecule has 0 bridgehead atoms. The van der Waals surface area contributed by atoms with Gasteiger partial charge in [-0.2, -0.15) is 0 Å². The molecule has 5 nitrogen and oxygen atoms in total. The molecule has 1 N–H and O–H groups in total. The smallest absolute Gasteiger partial charge is 0.255 e. The summed E-state index contributed by atoms with van der Waals surface area (Å²) in [5.74, 6) is 0.583. The number of hydrogen-bond donors (Lipinski definition) is 1. The first-order valence-corrected chi connectivity index (χ1v) is 8.56. The number of fused-ring (bicyclic) bond motifs is 1. The fourth-order valence-corrected chi connectivity index (χ4v) is 3.36. The van der Waals surface area contributed by atoms with Gasteiger partial charge in [0.2, 0.25) is 0 Å². The van der Waals surface area contributed by atoms with Gasteiger partial charge in [0.15, 0.2) is 0 Å². The van der Waals surface area contributed by atoms with Crippen molar-refractivity contribution in [1.29, 1.82) is 0 Å². The second-order valence-corrected chi connectivity index (χ2v) is 6.61. The van der Waals surface area contributed by atoms with E-state index in [1.807, 2.05) is 30.3 Å². The summed E-state index contributed by atoms with van der Waals surface area (Å²) < 4.78 is 0. The normalized spacial score (nSPS) is 14.3. The number of aromatic amines is 1. The first-order chi connectivity index (χ1) is 12.2. The number of nitrogens with zero attached hydrogens (tertiary/aromatic N) is 3. The van der Waals surface area contributed by atoms with E-state index in [0.717, 1.165) is 46.9 Å². The van der Waals surface area contributed by atoms with Crippen LogP contribution in [0.1, 0.15) is 16.8 Å². The van der Waals surface area contributed by atoms with Crippen molar-refractivity contribution in [3.05, 3.63) is 81.0 Å². The van der Waals surface area contributed by atoms with Crippen LogP contribution in [0.15, 0.2) is 53.6 Å². The summed E-state index contributed by atoms with van der Waals surface area (Å²) in [5, 5.41) is 0.732. The highest BCUT2D eigenvalue weighted by Crippen LogP contribution is 2.20. The van der Waals surface area contributed by atoms with Crippen LogP contribution in [-0.4, -0.2) is 26.4 Å². The second kappa shape index (κ2) is 6.78. The van der Waals surface area contributed by atoms with Crippen LogP contribution in [0, 0.1) is 0 Å². The predicted molar refractivity (Wildman–Crippen MR) is 97.4 cm³/mol. The van der Waals surface area contributed by atoms with E-state index in [1.165, 1.54) is 0 Å². The van der Waals surface area contributed by atoms with Crippen LogP contribution in [0.5, 0.6) is 0 Å². The third kappa shape index (κ3) is 3.48. The van der Waals surface area contributed by atoms with Gasteiger partial charge in [0.1, 0.15) is 5.82 Å². The number of rotatable bonds is 3. The van der Waals surface area contributed by atoms with Gasteiger partial charge in [0, 0.05) is 49.0 Å². The molecule has 0 spiro atoms.